The molecule has 1 atom stereocenters. The van der Waals surface area contributed by atoms with Crippen molar-refractivity contribution in [2.45, 2.75) is 25.4 Å². The lowest BCUT2D eigenvalue weighted by Gasteiger charge is -2.16. The van der Waals surface area contributed by atoms with Crippen molar-refractivity contribution >= 4 is 28.8 Å². The van der Waals surface area contributed by atoms with Crippen LogP contribution in [0, 0.1) is 0 Å². The van der Waals surface area contributed by atoms with E-state index in [1.807, 2.05) is 89.5 Å². The summed E-state index contributed by atoms with van der Waals surface area (Å²) in [6.07, 6.45) is 0.844. The average molecular weight is 425 g/mol. The minimum absolute atomic E-state index is 0.0896. The van der Waals surface area contributed by atoms with Crippen molar-refractivity contribution in [2.75, 3.05) is 11.4 Å². The second-order valence-corrected chi connectivity index (χ2v) is 7.99. The zero-order valence-electron chi connectivity index (χ0n) is 17.6. The van der Waals surface area contributed by atoms with Crippen LogP contribution in [0.1, 0.15) is 23.6 Å². The molecule has 4 aromatic rings. The Hall–Kier alpha value is -3.93. The molecule has 1 aliphatic rings. The molecule has 5 rings (SSSR count). The summed E-state index contributed by atoms with van der Waals surface area (Å²) in [5.41, 5.74) is 3.88. The minimum Gasteiger partial charge on any atom is -0.356 e. The summed E-state index contributed by atoms with van der Waals surface area (Å²) < 4.78 is 1.91. The molecule has 160 valence electrons. The standard InChI is InChI=1S/C26H24N4O2/c31-24(27-16-15-19-9-3-1-4-10-19)17-23-25(32)29(18-20-11-5-2-6-12-20)26-28-21-13-7-8-14-22(21)30(23)26/h1-14,23H,15-18H2,(H,27,31). The fraction of sp³-hybridized carbons (Fsp3) is 0.192. The molecule has 3 aromatic carbocycles. The molecule has 0 spiro atoms. The highest BCUT2D eigenvalue weighted by Gasteiger charge is 2.40. The van der Waals surface area contributed by atoms with Crippen LogP contribution >= 0.6 is 0 Å². The Morgan fingerprint density at radius 2 is 1.53 bits per heavy atom. The molecule has 0 saturated carbocycles. The largest absolute Gasteiger partial charge is 0.356 e. The van der Waals surface area contributed by atoms with E-state index in [0.717, 1.165) is 23.0 Å². The predicted octanol–water partition coefficient (Wildman–Crippen LogP) is 3.87. The number of hydrogen-bond acceptors (Lipinski definition) is 3. The molecule has 6 nitrogen and oxygen atoms in total. The first-order valence-electron chi connectivity index (χ1n) is 10.8. The number of fused-ring (bicyclic) bond motifs is 3. The Labute approximate surface area is 186 Å². The van der Waals surface area contributed by atoms with Gasteiger partial charge >= 0.3 is 0 Å². The number of aromatic nitrogens is 2. The maximum absolute atomic E-state index is 13.4. The Morgan fingerprint density at radius 3 is 2.28 bits per heavy atom. The molecule has 0 radical (unpaired) electrons. The fourth-order valence-electron chi connectivity index (χ4n) is 4.25. The third-order valence-corrected chi connectivity index (χ3v) is 5.82. The number of carbonyl (C=O) groups excluding carboxylic acids is 2. The summed E-state index contributed by atoms with van der Waals surface area (Å²) in [7, 11) is 0. The van der Waals surface area contributed by atoms with Crippen LogP contribution in [0.3, 0.4) is 0 Å². The topological polar surface area (TPSA) is 67.2 Å². The van der Waals surface area contributed by atoms with E-state index in [-0.39, 0.29) is 18.2 Å². The van der Waals surface area contributed by atoms with Crippen LogP contribution < -0.4 is 10.2 Å². The minimum atomic E-state index is -0.599. The number of rotatable bonds is 7. The summed E-state index contributed by atoms with van der Waals surface area (Å²) in [6.45, 7) is 0.962. The number of nitrogens with zero attached hydrogens (tertiary/aromatic N) is 3. The molecule has 1 aliphatic heterocycles. The predicted molar refractivity (Wildman–Crippen MR) is 124 cm³/mol. The highest BCUT2D eigenvalue weighted by Crippen LogP contribution is 2.37. The molecular formula is C26H24N4O2. The van der Waals surface area contributed by atoms with Crippen molar-refractivity contribution in [2.24, 2.45) is 0 Å². The fourth-order valence-corrected chi connectivity index (χ4v) is 4.25. The first-order valence-corrected chi connectivity index (χ1v) is 10.8. The lowest BCUT2D eigenvalue weighted by molar-refractivity contribution is -0.127. The SMILES string of the molecule is O=C(CC1C(=O)N(Cc2ccccc2)c2nc3ccccc3n21)NCCc1ccccc1. The lowest BCUT2D eigenvalue weighted by Crippen LogP contribution is -2.33. The monoisotopic (exact) mass is 424 g/mol. The first-order chi connectivity index (χ1) is 15.7. The number of imidazole rings is 1. The van der Waals surface area contributed by atoms with E-state index in [1.165, 1.54) is 5.56 Å². The summed E-state index contributed by atoms with van der Waals surface area (Å²) in [5.74, 6) is 0.368. The molecule has 0 bridgehead atoms. The van der Waals surface area contributed by atoms with Crippen LogP contribution in [0.2, 0.25) is 0 Å². The van der Waals surface area contributed by atoms with E-state index in [4.69, 9.17) is 4.98 Å². The third-order valence-electron chi connectivity index (χ3n) is 5.82. The van der Waals surface area contributed by atoms with Gasteiger partial charge in [-0.25, -0.2) is 4.98 Å². The normalized spacial score (nSPS) is 15.2. The van der Waals surface area contributed by atoms with Gasteiger partial charge in [0, 0.05) is 6.54 Å². The van der Waals surface area contributed by atoms with Gasteiger partial charge in [-0.3, -0.25) is 19.1 Å². The van der Waals surface area contributed by atoms with E-state index in [0.29, 0.717) is 19.0 Å². The third kappa shape index (κ3) is 3.87. The number of carbonyl (C=O) groups is 2. The molecule has 1 unspecified atom stereocenters. The molecule has 2 heterocycles. The quantitative estimate of drug-likeness (QED) is 0.490. The van der Waals surface area contributed by atoms with Crippen molar-refractivity contribution in [1.82, 2.24) is 14.9 Å². The van der Waals surface area contributed by atoms with Crippen molar-refractivity contribution < 1.29 is 9.59 Å². The maximum Gasteiger partial charge on any atom is 0.253 e. The molecule has 32 heavy (non-hydrogen) atoms. The summed E-state index contributed by atoms with van der Waals surface area (Å²) in [4.78, 5) is 32.5. The highest BCUT2D eigenvalue weighted by molar-refractivity contribution is 6.03. The molecule has 0 aliphatic carbocycles. The van der Waals surface area contributed by atoms with E-state index in [1.54, 1.807) is 4.90 Å². The van der Waals surface area contributed by atoms with Gasteiger partial charge in [-0.05, 0) is 29.7 Å². The van der Waals surface area contributed by atoms with Gasteiger partial charge in [0.1, 0.15) is 6.04 Å². The van der Waals surface area contributed by atoms with Gasteiger partial charge in [-0.1, -0.05) is 72.8 Å². The number of hydrogen-bond donors (Lipinski definition) is 1. The molecule has 6 heteroatoms. The number of anilines is 1. The van der Waals surface area contributed by atoms with Gasteiger partial charge in [-0.2, -0.15) is 0 Å². The molecule has 0 saturated heterocycles. The second-order valence-electron chi connectivity index (χ2n) is 7.99. The van der Waals surface area contributed by atoms with Crippen LogP contribution in [0.4, 0.5) is 5.95 Å². The van der Waals surface area contributed by atoms with Crippen LogP contribution in [0.25, 0.3) is 11.0 Å². The smallest absolute Gasteiger partial charge is 0.253 e. The zero-order valence-corrected chi connectivity index (χ0v) is 17.6. The Balaban J connectivity index is 1.36. The molecule has 1 aromatic heterocycles. The van der Waals surface area contributed by atoms with Gasteiger partial charge in [0.15, 0.2) is 0 Å². The van der Waals surface area contributed by atoms with Crippen LogP contribution in [-0.4, -0.2) is 27.9 Å². The van der Waals surface area contributed by atoms with Gasteiger partial charge in [0.25, 0.3) is 5.91 Å². The van der Waals surface area contributed by atoms with Crippen molar-refractivity contribution in [3.63, 3.8) is 0 Å². The van der Waals surface area contributed by atoms with Gasteiger partial charge in [0.05, 0.1) is 24.0 Å². The van der Waals surface area contributed by atoms with Gasteiger partial charge in [0.2, 0.25) is 11.9 Å². The average Bonchev–Trinajstić information content (AvgIpc) is 3.31. The van der Waals surface area contributed by atoms with Crippen molar-refractivity contribution in [3.05, 3.63) is 96.1 Å². The maximum atomic E-state index is 13.4. The highest BCUT2D eigenvalue weighted by atomic mass is 16.2. The molecule has 1 N–H and O–H groups in total. The van der Waals surface area contributed by atoms with Gasteiger partial charge in [-0.15, -0.1) is 0 Å². The van der Waals surface area contributed by atoms with Crippen LogP contribution in [-0.2, 0) is 22.6 Å². The molecule has 0 fully saturated rings. The number of nitrogens with one attached hydrogen (secondary N) is 1. The number of benzene rings is 3. The summed E-state index contributed by atoms with van der Waals surface area (Å²) in [5, 5.41) is 2.97. The molecular weight excluding hydrogens is 400 g/mol. The van der Waals surface area contributed by atoms with E-state index >= 15 is 0 Å². The Morgan fingerprint density at radius 1 is 0.875 bits per heavy atom. The van der Waals surface area contributed by atoms with Crippen molar-refractivity contribution in [3.8, 4) is 0 Å². The van der Waals surface area contributed by atoms with Crippen LogP contribution in [0.15, 0.2) is 84.9 Å². The van der Waals surface area contributed by atoms with E-state index in [2.05, 4.69) is 5.32 Å². The van der Waals surface area contributed by atoms with Crippen LogP contribution in [0.5, 0.6) is 0 Å². The Bertz CT molecular complexity index is 1250. The lowest BCUT2D eigenvalue weighted by atomic mass is 10.1. The first kappa shape index (κ1) is 20.0. The second kappa shape index (κ2) is 8.67. The van der Waals surface area contributed by atoms with Gasteiger partial charge < -0.3 is 5.32 Å². The van der Waals surface area contributed by atoms with Crippen molar-refractivity contribution in [1.29, 1.82) is 0 Å². The number of amides is 2. The van der Waals surface area contributed by atoms with E-state index in [9.17, 15) is 9.59 Å². The summed E-state index contributed by atoms with van der Waals surface area (Å²) in [6, 6.07) is 27.0. The summed E-state index contributed by atoms with van der Waals surface area (Å²) >= 11 is 0. The Kier molecular flexibility index (Phi) is 5.42. The molecule has 2 amide bonds. The number of para-hydroxylation sites is 2. The van der Waals surface area contributed by atoms with E-state index < -0.39 is 6.04 Å². The zero-order chi connectivity index (χ0) is 21.9.